The van der Waals surface area contributed by atoms with Gasteiger partial charge in [0, 0.05) is 0 Å². The van der Waals surface area contributed by atoms with Gasteiger partial charge in [-0.15, -0.1) is 6.42 Å². The summed E-state index contributed by atoms with van der Waals surface area (Å²) in [6.07, 6.45) is 8.29. The van der Waals surface area contributed by atoms with Crippen molar-refractivity contribution in [1.82, 2.24) is 9.78 Å². The Morgan fingerprint density at radius 3 is 3.11 bits per heavy atom. The average Bonchev–Trinajstić information content (AvgIpc) is 2.87. The number of nitrogens with one attached hydrogen (secondary N) is 1. The van der Waals surface area contributed by atoms with E-state index in [4.69, 9.17) is 10.8 Å². The van der Waals surface area contributed by atoms with E-state index < -0.39 is 0 Å². The second-order valence-corrected chi connectivity index (χ2v) is 4.27. The van der Waals surface area contributed by atoms with Gasteiger partial charge in [-0.1, -0.05) is 5.92 Å². The van der Waals surface area contributed by atoms with Gasteiger partial charge in [0.1, 0.15) is 16.8 Å². The summed E-state index contributed by atoms with van der Waals surface area (Å²) in [6, 6.07) is 3.64. The Balaban J connectivity index is 2.17. The van der Waals surface area contributed by atoms with Crippen LogP contribution in [-0.2, 0) is 13.1 Å². The van der Waals surface area contributed by atoms with Crippen molar-refractivity contribution >= 4 is 21.6 Å². The Hall–Kier alpha value is -2.00. The fourth-order valence-electron chi connectivity index (χ4n) is 1.38. The number of halogens is 1. The number of nitrogens with zero attached hydrogens (tertiary/aromatic N) is 2. The first kappa shape index (κ1) is 12.5. The van der Waals surface area contributed by atoms with Crippen LogP contribution in [0.1, 0.15) is 5.76 Å². The lowest BCUT2D eigenvalue weighted by atomic mass is 10.4. The molecule has 0 atom stereocenters. The third-order valence-electron chi connectivity index (χ3n) is 2.26. The lowest BCUT2D eigenvalue weighted by Gasteiger charge is -2.07. The molecule has 92 valence electrons. The molecular formula is C12H10BrN3O2. The Labute approximate surface area is 112 Å². The molecule has 2 aromatic heterocycles. The van der Waals surface area contributed by atoms with Gasteiger partial charge >= 0.3 is 0 Å². The summed E-state index contributed by atoms with van der Waals surface area (Å²) in [5.74, 6) is 3.14. The summed E-state index contributed by atoms with van der Waals surface area (Å²) < 4.78 is 6.79. The third-order valence-corrected chi connectivity index (χ3v) is 3.03. The van der Waals surface area contributed by atoms with Crippen molar-refractivity contribution in [3.63, 3.8) is 0 Å². The van der Waals surface area contributed by atoms with Crippen molar-refractivity contribution in [3.8, 4) is 12.3 Å². The van der Waals surface area contributed by atoms with Crippen LogP contribution in [0.2, 0.25) is 0 Å². The number of terminal acetylenes is 1. The van der Waals surface area contributed by atoms with Crippen molar-refractivity contribution in [1.29, 1.82) is 0 Å². The average molecular weight is 308 g/mol. The second kappa shape index (κ2) is 5.56. The number of hydrogen-bond donors (Lipinski definition) is 1. The monoisotopic (exact) mass is 307 g/mol. The van der Waals surface area contributed by atoms with E-state index in [1.165, 1.54) is 4.68 Å². The first-order valence-electron chi connectivity index (χ1n) is 5.17. The molecule has 0 aliphatic heterocycles. The van der Waals surface area contributed by atoms with Crippen LogP contribution in [0.15, 0.2) is 38.3 Å². The summed E-state index contributed by atoms with van der Waals surface area (Å²) in [6.45, 7) is 0.627. The summed E-state index contributed by atoms with van der Waals surface area (Å²) in [7, 11) is 0. The lowest BCUT2D eigenvalue weighted by molar-refractivity contribution is 0.518. The molecule has 0 spiro atoms. The molecule has 18 heavy (non-hydrogen) atoms. The fraction of sp³-hybridized carbons (Fsp3) is 0.167. The SMILES string of the molecule is C#CCn1ncc(NCc2ccco2)c(Br)c1=O. The van der Waals surface area contributed by atoms with E-state index in [0.29, 0.717) is 16.7 Å². The number of furan rings is 1. The zero-order valence-electron chi connectivity index (χ0n) is 9.39. The van der Waals surface area contributed by atoms with Crippen LogP contribution in [0.25, 0.3) is 0 Å². The molecule has 0 amide bonds. The number of anilines is 1. The van der Waals surface area contributed by atoms with Crippen LogP contribution < -0.4 is 10.9 Å². The van der Waals surface area contributed by atoms with E-state index in [1.54, 1.807) is 18.5 Å². The van der Waals surface area contributed by atoms with Crippen LogP contribution in [0.4, 0.5) is 5.69 Å². The first-order valence-corrected chi connectivity index (χ1v) is 5.97. The van der Waals surface area contributed by atoms with E-state index in [9.17, 15) is 4.79 Å². The van der Waals surface area contributed by atoms with Gasteiger partial charge in [0.2, 0.25) is 0 Å². The van der Waals surface area contributed by atoms with Crippen molar-refractivity contribution < 1.29 is 4.42 Å². The minimum absolute atomic E-state index is 0.149. The molecule has 2 aromatic rings. The van der Waals surface area contributed by atoms with Crippen LogP contribution in [0, 0.1) is 12.3 Å². The smallest absolute Gasteiger partial charge is 0.284 e. The van der Waals surface area contributed by atoms with Gasteiger partial charge in [0.15, 0.2) is 0 Å². The fourth-order valence-corrected chi connectivity index (χ4v) is 1.83. The molecule has 5 nitrogen and oxygen atoms in total. The molecule has 1 N–H and O–H groups in total. The van der Waals surface area contributed by atoms with Gasteiger partial charge in [-0.3, -0.25) is 4.79 Å². The summed E-state index contributed by atoms with van der Waals surface area (Å²) in [5, 5.41) is 7.02. The lowest BCUT2D eigenvalue weighted by Crippen LogP contribution is -2.24. The molecule has 0 saturated heterocycles. The Morgan fingerprint density at radius 1 is 1.61 bits per heavy atom. The van der Waals surface area contributed by atoms with Gasteiger partial charge in [-0.25, -0.2) is 4.68 Å². The number of hydrogen-bond acceptors (Lipinski definition) is 4. The van der Waals surface area contributed by atoms with Crippen molar-refractivity contribution in [2.75, 3.05) is 5.32 Å². The van der Waals surface area contributed by atoms with Crippen LogP contribution in [0.3, 0.4) is 0 Å². The zero-order valence-corrected chi connectivity index (χ0v) is 11.0. The summed E-state index contributed by atoms with van der Waals surface area (Å²) in [4.78, 5) is 11.8. The highest BCUT2D eigenvalue weighted by molar-refractivity contribution is 9.10. The molecular weight excluding hydrogens is 298 g/mol. The molecule has 0 fully saturated rings. The van der Waals surface area contributed by atoms with E-state index in [1.807, 2.05) is 6.07 Å². The molecule has 0 aliphatic carbocycles. The molecule has 0 unspecified atom stereocenters. The molecule has 0 saturated carbocycles. The second-order valence-electron chi connectivity index (χ2n) is 3.47. The van der Waals surface area contributed by atoms with E-state index >= 15 is 0 Å². The molecule has 2 heterocycles. The van der Waals surface area contributed by atoms with Gasteiger partial charge < -0.3 is 9.73 Å². The Bertz CT molecular complexity index is 626. The Morgan fingerprint density at radius 2 is 2.44 bits per heavy atom. The van der Waals surface area contributed by atoms with E-state index in [2.05, 4.69) is 32.3 Å². The first-order chi connectivity index (χ1) is 8.72. The van der Waals surface area contributed by atoms with E-state index in [-0.39, 0.29) is 12.1 Å². The van der Waals surface area contributed by atoms with Crippen LogP contribution in [-0.4, -0.2) is 9.78 Å². The maximum absolute atomic E-state index is 11.8. The Kier molecular flexibility index (Phi) is 3.85. The summed E-state index contributed by atoms with van der Waals surface area (Å²) in [5.41, 5.74) is 0.335. The molecule has 0 aliphatic rings. The highest BCUT2D eigenvalue weighted by atomic mass is 79.9. The van der Waals surface area contributed by atoms with Crippen molar-refractivity contribution in [2.45, 2.75) is 13.1 Å². The summed E-state index contributed by atoms with van der Waals surface area (Å²) >= 11 is 3.23. The maximum Gasteiger partial charge on any atom is 0.284 e. The maximum atomic E-state index is 11.8. The number of aromatic nitrogens is 2. The predicted octanol–water partition coefficient (Wildman–Crippen LogP) is 1.84. The normalized spacial score (nSPS) is 10.0. The predicted molar refractivity (Wildman–Crippen MR) is 71.1 cm³/mol. The van der Waals surface area contributed by atoms with Gasteiger partial charge in [0.05, 0.1) is 24.7 Å². The van der Waals surface area contributed by atoms with Crippen molar-refractivity contribution in [2.24, 2.45) is 0 Å². The highest BCUT2D eigenvalue weighted by Crippen LogP contribution is 2.17. The van der Waals surface area contributed by atoms with Crippen LogP contribution in [0.5, 0.6) is 0 Å². The van der Waals surface area contributed by atoms with Gasteiger partial charge in [0.25, 0.3) is 5.56 Å². The zero-order chi connectivity index (χ0) is 13.0. The van der Waals surface area contributed by atoms with Gasteiger partial charge in [-0.05, 0) is 28.1 Å². The molecule has 0 bridgehead atoms. The van der Waals surface area contributed by atoms with Crippen LogP contribution >= 0.6 is 15.9 Å². The molecule has 0 aromatic carbocycles. The molecule has 0 radical (unpaired) electrons. The van der Waals surface area contributed by atoms with Crippen molar-refractivity contribution in [3.05, 3.63) is 45.2 Å². The third kappa shape index (κ3) is 2.63. The minimum Gasteiger partial charge on any atom is -0.467 e. The standard InChI is InChI=1S/C12H10BrN3O2/c1-2-5-16-12(17)11(13)10(8-15-16)14-7-9-4-3-6-18-9/h1,3-4,6,8,14H,5,7H2. The highest BCUT2D eigenvalue weighted by Gasteiger charge is 2.08. The minimum atomic E-state index is -0.266. The number of rotatable bonds is 4. The largest absolute Gasteiger partial charge is 0.467 e. The molecule has 2 rings (SSSR count). The van der Waals surface area contributed by atoms with Gasteiger partial charge in [-0.2, -0.15) is 5.10 Å². The quantitative estimate of drug-likeness (QED) is 0.876. The molecule has 6 heteroatoms. The topological polar surface area (TPSA) is 60.1 Å². The van der Waals surface area contributed by atoms with E-state index in [0.717, 1.165) is 5.76 Å².